The summed E-state index contributed by atoms with van der Waals surface area (Å²) in [4.78, 5) is 47.9. The molecule has 9 nitrogen and oxygen atoms in total. The van der Waals surface area contributed by atoms with Crippen molar-refractivity contribution in [3.05, 3.63) is 29.3 Å². The molecule has 1 aromatic carbocycles. The van der Waals surface area contributed by atoms with Gasteiger partial charge in [-0.25, -0.2) is 5.06 Å². The molecule has 1 unspecified atom stereocenters. The standard InChI is InChI=1S/C27H39N3O6/c1-3-5-12-30(36-13-4-2)25(32)18-29-16-21(19-8-9-23-20(15-19)10-14-35-23)26(27(33)34)22(29)17-28-11-6-7-24(28)31/h8-9,15,21-22,26H,3-7,10-14,16-18H2,1-2H3,(H,33,34)/t21-,22+,26?/m1/s1. The van der Waals surface area contributed by atoms with Gasteiger partial charge in [0, 0.05) is 51.0 Å². The molecule has 3 heterocycles. The number of carboxylic acids is 1. The lowest BCUT2D eigenvalue weighted by atomic mass is 9.84. The number of amides is 2. The van der Waals surface area contributed by atoms with Gasteiger partial charge in [-0.1, -0.05) is 32.4 Å². The van der Waals surface area contributed by atoms with Crippen molar-refractivity contribution in [1.82, 2.24) is 14.9 Å². The summed E-state index contributed by atoms with van der Waals surface area (Å²) in [5.74, 6) is -1.17. The van der Waals surface area contributed by atoms with E-state index < -0.39 is 17.9 Å². The minimum atomic E-state index is -0.895. The largest absolute Gasteiger partial charge is 0.493 e. The number of nitrogens with zero attached hydrogens (tertiary/aromatic N) is 3. The number of rotatable bonds is 12. The molecule has 0 radical (unpaired) electrons. The summed E-state index contributed by atoms with van der Waals surface area (Å²) in [6, 6.07) is 5.48. The average molecular weight is 502 g/mol. The summed E-state index contributed by atoms with van der Waals surface area (Å²) in [5.41, 5.74) is 2.04. The van der Waals surface area contributed by atoms with Crippen LogP contribution in [-0.4, -0.2) is 89.7 Å². The van der Waals surface area contributed by atoms with Gasteiger partial charge in [0.2, 0.25) is 5.91 Å². The molecule has 3 atom stereocenters. The number of fused-ring (bicyclic) bond motifs is 1. The summed E-state index contributed by atoms with van der Waals surface area (Å²) in [7, 11) is 0. The van der Waals surface area contributed by atoms with E-state index in [0.717, 1.165) is 49.0 Å². The number of carbonyl (C=O) groups is 3. The lowest BCUT2D eigenvalue weighted by Gasteiger charge is -2.31. The van der Waals surface area contributed by atoms with E-state index in [9.17, 15) is 19.5 Å². The number of hydrogen-bond acceptors (Lipinski definition) is 6. The molecule has 4 rings (SSSR count). The van der Waals surface area contributed by atoms with E-state index in [1.165, 1.54) is 5.06 Å². The van der Waals surface area contributed by atoms with Gasteiger partial charge in [0.1, 0.15) is 5.75 Å². The highest BCUT2D eigenvalue weighted by atomic mass is 16.7. The summed E-state index contributed by atoms with van der Waals surface area (Å²) in [5, 5.41) is 11.8. The van der Waals surface area contributed by atoms with Crippen LogP contribution in [0.3, 0.4) is 0 Å². The normalized spacial score (nSPS) is 23.7. The monoisotopic (exact) mass is 501 g/mol. The van der Waals surface area contributed by atoms with E-state index in [-0.39, 0.29) is 24.3 Å². The maximum atomic E-state index is 13.3. The summed E-state index contributed by atoms with van der Waals surface area (Å²) < 4.78 is 5.64. The molecule has 0 aliphatic carbocycles. The third kappa shape index (κ3) is 5.83. The number of unbranched alkanes of at least 4 members (excludes halogenated alkanes) is 1. The number of aliphatic carboxylic acids is 1. The van der Waals surface area contributed by atoms with Crippen molar-refractivity contribution in [3.8, 4) is 5.75 Å². The van der Waals surface area contributed by atoms with E-state index in [1.54, 1.807) is 4.90 Å². The molecule has 0 saturated carbocycles. The van der Waals surface area contributed by atoms with Crippen LogP contribution in [0.15, 0.2) is 18.2 Å². The second-order valence-electron chi connectivity index (χ2n) is 10.1. The molecular weight excluding hydrogens is 462 g/mol. The average Bonchev–Trinajstić information content (AvgIpc) is 3.58. The molecule has 1 aromatic rings. The first-order valence-electron chi connectivity index (χ1n) is 13.4. The van der Waals surface area contributed by atoms with E-state index in [2.05, 4.69) is 13.0 Å². The van der Waals surface area contributed by atoms with E-state index in [0.29, 0.717) is 45.8 Å². The van der Waals surface area contributed by atoms with Gasteiger partial charge in [0.15, 0.2) is 0 Å². The quantitative estimate of drug-likeness (QED) is 0.440. The van der Waals surface area contributed by atoms with Gasteiger partial charge in [-0.3, -0.25) is 24.1 Å². The second-order valence-corrected chi connectivity index (χ2v) is 10.1. The molecule has 3 aliphatic heterocycles. The molecule has 1 N–H and O–H groups in total. The van der Waals surface area contributed by atoms with Crippen molar-refractivity contribution < 1.29 is 29.1 Å². The molecule has 2 amide bonds. The van der Waals surface area contributed by atoms with Crippen molar-refractivity contribution in [2.75, 3.05) is 45.9 Å². The van der Waals surface area contributed by atoms with Gasteiger partial charge in [0.25, 0.3) is 5.91 Å². The third-order valence-electron chi connectivity index (χ3n) is 7.54. The first kappa shape index (κ1) is 26.4. The zero-order chi connectivity index (χ0) is 25.7. The predicted molar refractivity (Wildman–Crippen MR) is 134 cm³/mol. The topological polar surface area (TPSA) is 99.6 Å². The first-order valence-corrected chi connectivity index (χ1v) is 13.4. The molecule has 36 heavy (non-hydrogen) atoms. The van der Waals surface area contributed by atoms with Gasteiger partial charge in [-0.15, -0.1) is 0 Å². The number of carbonyl (C=O) groups excluding carboxylic acids is 2. The molecule has 0 aromatic heterocycles. The maximum Gasteiger partial charge on any atom is 0.308 e. The minimum Gasteiger partial charge on any atom is -0.493 e. The number of benzene rings is 1. The van der Waals surface area contributed by atoms with Crippen LogP contribution in [0.1, 0.15) is 63.0 Å². The molecule has 198 valence electrons. The first-order chi connectivity index (χ1) is 17.4. The number of ether oxygens (including phenoxy) is 1. The van der Waals surface area contributed by atoms with Crippen LogP contribution >= 0.6 is 0 Å². The van der Waals surface area contributed by atoms with Crippen LogP contribution in [0.4, 0.5) is 0 Å². The van der Waals surface area contributed by atoms with Gasteiger partial charge in [-0.05, 0) is 36.5 Å². The number of carboxylic acid groups (broad SMARTS) is 1. The zero-order valence-corrected chi connectivity index (χ0v) is 21.5. The van der Waals surface area contributed by atoms with E-state index in [1.807, 2.05) is 24.0 Å². The van der Waals surface area contributed by atoms with Crippen molar-refractivity contribution in [2.45, 2.75) is 64.3 Å². The van der Waals surface area contributed by atoms with Crippen LogP contribution in [0.5, 0.6) is 5.75 Å². The van der Waals surface area contributed by atoms with Crippen LogP contribution < -0.4 is 4.74 Å². The Balaban J connectivity index is 1.60. The van der Waals surface area contributed by atoms with Gasteiger partial charge >= 0.3 is 5.97 Å². The Morgan fingerprint density at radius 3 is 2.75 bits per heavy atom. The fraction of sp³-hybridized carbons (Fsp3) is 0.667. The van der Waals surface area contributed by atoms with Gasteiger partial charge < -0.3 is 14.7 Å². The number of hydroxylamine groups is 2. The summed E-state index contributed by atoms with van der Waals surface area (Å²) in [6.45, 7) is 7.11. The van der Waals surface area contributed by atoms with Crippen molar-refractivity contribution in [2.24, 2.45) is 5.92 Å². The number of likely N-dealkylation sites (tertiary alicyclic amines) is 2. The maximum absolute atomic E-state index is 13.3. The fourth-order valence-electron chi connectivity index (χ4n) is 5.63. The van der Waals surface area contributed by atoms with Crippen LogP contribution in [-0.2, 0) is 25.6 Å². The van der Waals surface area contributed by atoms with Gasteiger partial charge in [0.05, 0.1) is 25.7 Å². The number of hydrogen-bond donors (Lipinski definition) is 1. The Labute approximate surface area is 213 Å². The Bertz CT molecular complexity index is 945. The van der Waals surface area contributed by atoms with Crippen LogP contribution in [0.2, 0.25) is 0 Å². The Morgan fingerprint density at radius 1 is 1.22 bits per heavy atom. The zero-order valence-electron chi connectivity index (χ0n) is 21.5. The van der Waals surface area contributed by atoms with Crippen molar-refractivity contribution >= 4 is 17.8 Å². The van der Waals surface area contributed by atoms with Gasteiger partial charge in [-0.2, -0.15) is 0 Å². The SMILES string of the molecule is CCCCN(OCCC)C(=O)CN1C[C@H](c2ccc3c(c2)CCO3)C(C(=O)O)[C@@H]1CN1CCCC1=O. The Morgan fingerprint density at radius 2 is 2.06 bits per heavy atom. The molecule has 0 spiro atoms. The minimum absolute atomic E-state index is 0.0550. The molecular formula is C27H39N3O6. The Kier molecular flexibility index (Phi) is 8.85. The highest BCUT2D eigenvalue weighted by Gasteiger charge is 2.48. The lowest BCUT2D eigenvalue weighted by molar-refractivity contribution is -0.188. The van der Waals surface area contributed by atoms with Crippen LogP contribution in [0.25, 0.3) is 0 Å². The van der Waals surface area contributed by atoms with Crippen LogP contribution in [0, 0.1) is 5.92 Å². The molecule has 2 saturated heterocycles. The predicted octanol–water partition coefficient (Wildman–Crippen LogP) is 2.68. The molecule has 3 aliphatic rings. The highest BCUT2D eigenvalue weighted by molar-refractivity contribution is 5.79. The third-order valence-corrected chi connectivity index (χ3v) is 7.54. The summed E-state index contributed by atoms with van der Waals surface area (Å²) in [6.07, 6.45) is 4.65. The molecule has 2 fully saturated rings. The molecule has 9 heteroatoms. The Hall–Kier alpha value is -2.65. The lowest BCUT2D eigenvalue weighted by Crippen LogP contribution is -2.49. The molecule has 0 bridgehead atoms. The van der Waals surface area contributed by atoms with Crippen molar-refractivity contribution in [3.63, 3.8) is 0 Å². The van der Waals surface area contributed by atoms with E-state index >= 15 is 0 Å². The highest BCUT2D eigenvalue weighted by Crippen LogP contribution is 2.40. The second kappa shape index (κ2) is 12.1. The smallest absolute Gasteiger partial charge is 0.308 e. The van der Waals surface area contributed by atoms with Crippen molar-refractivity contribution in [1.29, 1.82) is 0 Å². The van der Waals surface area contributed by atoms with E-state index in [4.69, 9.17) is 9.57 Å². The summed E-state index contributed by atoms with van der Waals surface area (Å²) >= 11 is 0. The fourth-order valence-corrected chi connectivity index (χ4v) is 5.63.